The molecule has 2 aliphatic rings. The summed E-state index contributed by atoms with van der Waals surface area (Å²) in [6.07, 6.45) is 5.77. The van der Waals surface area contributed by atoms with E-state index >= 15 is 0 Å². The van der Waals surface area contributed by atoms with E-state index in [1.807, 2.05) is 0 Å². The van der Waals surface area contributed by atoms with Crippen LogP contribution in [0.4, 0.5) is 0 Å². The average molecular weight is 318 g/mol. The largest absolute Gasteiger partial charge is 0.464 e. The Labute approximate surface area is 125 Å². The van der Waals surface area contributed by atoms with Crippen LogP contribution in [0.25, 0.3) is 0 Å². The van der Waals surface area contributed by atoms with Gasteiger partial charge in [0.1, 0.15) is 18.1 Å². The maximum Gasteiger partial charge on any atom is 0.305 e. The van der Waals surface area contributed by atoms with Crippen molar-refractivity contribution >= 4 is 21.9 Å². The highest BCUT2D eigenvalue weighted by Crippen LogP contribution is 2.41. The molecular formula is C14H22O6S. The van der Waals surface area contributed by atoms with E-state index in [1.54, 1.807) is 0 Å². The van der Waals surface area contributed by atoms with Gasteiger partial charge in [-0.1, -0.05) is 12.8 Å². The fraction of sp³-hybridized carbons (Fsp3) is 0.857. The molecule has 0 aromatic carbocycles. The van der Waals surface area contributed by atoms with Gasteiger partial charge in [-0.15, -0.1) is 0 Å². The number of carbonyl (C=O) groups is 2. The maximum absolute atomic E-state index is 12.2. The summed E-state index contributed by atoms with van der Waals surface area (Å²) >= 11 is 0. The number of hydrogen-bond donors (Lipinski definition) is 1. The van der Waals surface area contributed by atoms with Crippen molar-refractivity contribution in [3.05, 3.63) is 0 Å². The highest BCUT2D eigenvalue weighted by molar-refractivity contribution is 7.85. The van der Waals surface area contributed by atoms with E-state index in [4.69, 9.17) is 9.29 Å². The molecule has 6 nitrogen and oxygen atoms in total. The monoisotopic (exact) mass is 318 g/mol. The van der Waals surface area contributed by atoms with Crippen molar-refractivity contribution in [3.63, 3.8) is 0 Å². The molecule has 2 aliphatic carbocycles. The molecular weight excluding hydrogens is 296 g/mol. The number of carbonyl (C=O) groups excluding carboxylic acids is 2. The first kappa shape index (κ1) is 16.4. The number of ether oxygens (including phenoxy) is 1. The third kappa shape index (κ3) is 5.07. The molecule has 1 N–H and O–H groups in total. The quantitative estimate of drug-likeness (QED) is 0.590. The van der Waals surface area contributed by atoms with Gasteiger partial charge < -0.3 is 4.74 Å². The Morgan fingerprint density at radius 3 is 2.76 bits per heavy atom. The molecule has 0 heterocycles. The van der Waals surface area contributed by atoms with Crippen molar-refractivity contribution in [1.29, 1.82) is 0 Å². The van der Waals surface area contributed by atoms with Crippen molar-refractivity contribution in [2.75, 3.05) is 12.4 Å². The summed E-state index contributed by atoms with van der Waals surface area (Å²) in [6, 6.07) is 0. The first-order chi connectivity index (χ1) is 9.85. The molecule has 0 aromatic rings. The Bertz CT molecular complexity index is 498. The molecule has 2 fully saturated rings. The Hall–Kier alpha value is -0.950. The predicted octanol–water partition coefficient (Wildman–Crippen LogP) is 1.59. The first-order valence-electron chi connectivity index (χ1n) is 7.49. The lowest BCUT2D eigenvalue weighted by Crippen LogP contribution is -2.36. The summed E-state index contributed by atoms with van der Waals surface area (Å²) in [5.74, 6) is -0.0762. The fourth-order valence-corrected chi connectivity index (χ4v) is 3.79. The number of fused-ring (bicyclic) bond motifs is 2. The van der Waals surface area contributed by atoms with Crippen LogP contribution in [-0.2, 0) is 24.4 Å². The number of esters is 1. The van der Waals surface area contributed by atoms with Crippen molar-refractivity contribution in [3.8, 4) is 0 Å². The maximum atomic E-state index is 12.2. The normalized spacial score (nSPS) is 29.2. The summed E-state index contributed by atoms with van der Waals surface area (Å²) in [4.78, 5) is 23.7. The van der Waals surface area contributed by atoms with Crippen molar-refractivity contribution < 1.29 is 27.3 Å². The van der Waals surface area contributed by atoms with Crippen LogP contribution in [0.15, 0.2) is 0 Å². The van der Waals surface area contributed by atoms with Gasteiger partial charge >= 0.3 is 5.97 Å². The second-order valence-corrected chi connectivity index (χ2v) is 7.68. The van der Waals surface area contributed by atoms with Gasteiger partial charge in [0, 0.05) is 18.3 Å². The topological polar surface area (TPSA) is 97.7 Å². The molecule has 0 saturated heterocycles. The van der Waals surface area contributed by atoms with Crippen LogP contribution in [-0.4, -0.2) is 37.1 Å². The third-order valence-electron chi connectivity index (χ3n) is 4.51. The van der Waals surface area contributed by atoms with Gasteiger partial charge in [0.2, 0.25) is 0 Å². The Kier molecular flexibility index (Phi) is 5.37. The van der Waals surface area contributed by atoms with Gasteiger partial charge in [-0.25, -0.2) is 0 Å². The second-order valence-electron chi connectivity index (χ2n) is 6.11. The fourth-order valence-electron chi connectivity index (χ4n) is 3.50. The van der Waals surface area contributed by atoms with Crippen LogP contribution in [0.5, 0.6) is 0 Å². The van der Waals surface area contributed by atoms with Gasteiger partial charge in [-0.3, -0.25) is 14.1 Å². The molecule has 0 radical (unpaired) electrons. The van der Waals surface area contributed by atoms with E-state index in [0.29, 0.717) is 12.3 Å². The van der Waals surface area contributed by atoms with Crippen LogP contribution in [0.3, 0.4) is 0 Å². The molecule has 7 heteroatoms. The highest BCUT2D eigenvalue weighted by Gasteiger charge is 2.38. The SMILES string of the molecule is O=C(CCC1CC2CCCC(C2)C1=O)OCCS(=O)(=O)O. The van der Waals surface area contributed by atoms with Crippen LogP contribution >= 0.6 is 0 Å². The lowest BCUT2D eigenvalue weighted by molar-refractivity contribution is -0.144. The smallest absolute Gasteiger partial charge is 0.305 e. The van der Waals surface area contributed by atoms with Crippen molar-refractivity contribution in [2.24, 2.45) is 17.8 Å². The Morgan fingerprint density at radius 2 is 2.05 bits per heavy atom. The zero-order valence-electron chi connectivity index (χ0n) is 12.0. The standard InChI is InChI=1S/C14H22O6S/c15-13(20-6-7-21(17,18)19)5-4-12-9-10-2-1-3-11(8-10)14(12)16/h10-12H,1-9H2,(H,17,18,19). The van der Waals surface area contributed by atoms with E-state index in [1.165, 1.54) is 6.42 Å². The van der Waals surface area contributed by atoms with Gasteiger partial charge in [-0.2, -0.15) is 8.42 Å². The summed E-state index contributed by atoms with van der Waals surface area (Å²) in [5, 5.41) is 0. The third-order valence-corrected chi connectivity index (χ3v) is 5.19. The van der Waals surface area contributed by atoms with Gasteiger partial charge in [0.05, 0.1) is 0 Å². The van der Waals surface area contributed by atoms with Crippen LogP contribution in [0.2, 0.25) is 0 Å². The van der Waals surface area contributed by atoms with Crippen LogP contribution < -0.4 is 0 Å². The molecule has 2 bridgehead atoms. The lowest BCUT2D eigenvalue weighted by atomic mass is 9.66. The zero-order valence-corrected chi connectivity index (χ0v) is 12.8. The number of hydrogen-bond acceptors (Lipinski definition) is 5. The van der Waals surface area contributed by atoms with Crippen molar-refractivity contribution in [1.82, 2.24) is 0 Å². The van der Waals surface area contributed by atoms with Crippen LogP contribution in [0.1, 0.15) is 44.9 Å². The van der Waals surface area contributed by atoms with Crippen molar-refractivity contribution in [2.45, 2.75) is 44.9 Å². The predicted molar refractivity (Wildman–Crippen MR) is 75.2 cm³/mol. The van der Waals surface area contributed by atoms with Gasteiger partial charge in [-0.05, 0) is 31.6 Å². The van der Waals surface area contributed by atoms with Crippen LogP contribution in [0, 0.1) is 17.8 Å². The minimum absolute atomic E-state index is 0.0526. The summed E-state index contributed by atoms with van der Waals surface area (Å²) in [6.45, 7) is -0.346. The number of rotatable bonds is 6. The number of Topliss-reactive ketones (excluding diaryl/α,β-unsaturated/α-hetero) is 1. The van der Waals surface area contributed by atoms with E-state index in [2.05, 4.69) is 0 Å². The minimum atomic E-state index is -4.11. The average Bonchev–Trinajstić information content (AvgIpc) is 2.40. The van der Waals surface area contributed by atoms with E-state index in [-0.39, 0.29) is 30.6 Å². The molecule has 3 unspecified atom stereocenters. The Morgan fingerprint density at radius 1 is 1.29 bits per heavy atom. The van der Waals surface area contributed by atoms with E-state index < -0.39 is 21.8 Å². The minimum Gasteiger partial charge on any atom is -0.464 e. The summed E-state index contributed by atoms with van der Waals surface area (Å²) < 4.78 is 34.3. The molecule has 120 valence electrons. The number of ketones is 1. The molecule has 0 aromatic heterocycles. The van der Waals surface area contributed by atoms with E-state index in [9.17, 15) is 18.0 Å². The lowest BCUT2D eigenvalue weighted by Gasteiger charge is -2.37. The van der Waals surface area contributed by atoms with E-state index in [0.717, 1.165) is 25.7 Å². The second kappa shape index (κ2) is 6.87. The molecule has 0 spiro atoms. The molecule has 21 heavy (non-hydrogen) atoms. The molecule has 2 saturated carbocycles. The summed E-state index contributed by atoms with van der Waals surface area (Å²) in [5.41, 5.74) is 0. The Balaban J connectivity index is 1.72. The summed E-state index contributed by atoms with van der Waals surface area (Å²) in [7, 11) is -4.11. The van der Waals surface area contributed by atoms with Gasteiger partial charge in [0.25, 0.3) is 10.1 Å². The zero-order chi connectivity index (χ0) is 15.5. The highest BCUT2D eigenvalue weighted by atomic mass is 32.2. The molecule has 0 amide bonds. The first-order valence-corrected chi connectivity index (χ1v) is 9.10. The van der Waals surface area contributed by atoms with Gasteiger partial charge in [0.15, 0.2) is 0 Å². The molecule has 2 rings (SSSR count). The molecule has 3 atom stereocenters. The molecule has 0 aliphatic heterocycles.